The molecule has 2 aromatic carbocycles. The molecule has 0 aliphatic carbocycles. The fourth-order valence-electron chi connectivity index (χ4n) is 3.50. The first-order valence-corrected chi connectivity index (χ1v) is 11.0. The van der Waals surface area contributed by atoms with Crippen LogP contribution in [0.2, 0.25) is 0 Å². The van der Waals surface area contributed by atoms with Crippen molar-refractivity contribution >= 4 is 15.9 Å². The molecule has 0 radical (unpaired) electrons. The van der Waals surface area contributed by atoms with Crippen LogP contribution >= 0.6 is 0 Å². The van der Waals surface area contributed by atoms with Gasteiger partial charge in [0, 0.05) is 39.8 Å². The van der Waals surface area contributed by atoms with E-state index in [1.54, 1.807) is 11.9 Å². The van der Waals surface area contributed by atoms with Gasteiger partial charge in [0.2, 0.25) is 15.9 Å². The molecule has 0 aromatic heterocycles. The SMILES string of the molecule is C[C@@H](C(=O)N(C)Cc1ccccc1)N1CCN(S(=O)(=O)c2ccc(F)cc2)CC1. The van der Waals surface area contributed by atoms with Crippen LogP contribution in [0.25, 0.3) is 0 Å². The third-order valence-corrected chi connectivity index (χ3v) is 7.18. The predicted octanol–water partition coefficient (Wildman–Crippen LogP) is 2.18. The molecular weight excluding hydrogens is 393 g/mol. The normalized spacial score (nSPS) is 17.1. The van der Waals surface area contributed by atoms with Crippen molar-refractivity contribution in [2.75, 3.05) is 33.2 Å². The summed E-state index contributed by atoms with van der Waals surface area (Å²) in [5.74, 6) is -0.468. The average molecular weight is 420 g/mol. The van der Waals surface area contributed by atoms with Crippen molar-refractivity contribution in [1.82, 2.24) is 14.1 Å². The maximum atomic E-state index is 13.1. The van der Waals surface area contributed by atoms with Crippen LogP contribution in [0.4, 0.5) is 4.39 Å². The van der Waals surface area contributed by atoms with Crippen molar-refractivity contribution in [2.24, 2.45) is 0 Å². The van der Waals surface area contributed by atoms with Crippen molar-refractivity contribution in [3.8, 4) is 0 Å². The largest absolute Gasteiger partial charge is 0.340 e. The molecule has 3 rings (SSSR count). The monoisotopic (exact) mass is 419 g/mol. The van der Waals surface area contributed by atoms with Gasteiger partial charge in [0.25, 0.3) is 0 Å². The van der Waals surface area contributed by atoms with Gasteiger partial charge >= 0.3 is 0 Å². The third-order valence-electron chi connectivity index (χ3n) is 5.27. The Bertz CT molecular complexity index is 927. The number of piperazine rings is 1. The van der Waals surface area contributed by atoms with E-state index in [4.69, 9.17) is 0 Å². The second-order valence-electron chi connectivity index (χ2n) is 7.25. The number of sulfonamides is 1. The Labute approximate surface area is 171 Å². The molecule has 8 heteroatoms. The standard InChI is InChI=1S/C21H26FN3O3S/c1-17(21(26)23(2)16-18-6-4-3-5-7-18)24-12-14-25(15-13-24)29(27,28)20-10-8-19(22)9-11-20/h3-11,17H,12-16H2,1-2H3/t17-/m0/s1. The molecule has 2 aromatic rings. The molecule has 1 aliphatic rings. The van der Waals surface area contributed by atoms with Crippen LogP contribution in [-0.2, 0) is 21.4 Å². The molecule has 1 amide bonds. The van der Waals surface area contributed by atoms with Crippen molar-refractivity contribution in [1.29, 1.82) is 0 Å². The van der Waals surface area contributed by atoms with Crippen LogP contribution in [0.1, 0.15) is 12.5 Å². The first kappa shape index (κ1) is 21.4. The Kier molecular flexibility index (Phi) is 6.66. The van der Waals surface area contributed by atoms with E-state index in [0.29, 0.717) is 32.7 Å². The lowest BCUT2D eigenvalue weighted by molar-refractivity contribution is -0.136. The highest BCUT2D eigenvalue weighted by Gasteiger charge is 2.32. The van der Waals surface area contributed by atoms with Gasteiger partial charge in [0.05, 0.1) is 10.9 Å². The molecule has 1 heterocycles. The Balaban J connectivity index is 1.58. The van der Waals surface area contributed by atoms with Crippen LogP contribution in [0.5, 0.6) is 0 Å². The second kappa shape index (κ2) is 9.02. The van der Waals surface area contributed by atoms with Gasteiger partial charge in [0.15, 0.2) is 0 Å². The highest BCUT2D eigenvalue weighted by molar-refractivity contribution is 7.89. The van der Waals surface area contributed by atoms with Crippen molar-refractivity contribution in [3.63, 3.8) is 0 Å². The highest BCUT2D eigenvalue weighted by Crippen LogP contribution is 2.19. The molecule has 0 spiro atoms. The van der Waals surface area contributed by atoms with E-state index in [-0.39, 0.29) is 16.8 Å². The first-order chi connectivity index (χ1) is 13.8. The number of hydrogen-bond donors (Lipinski definition) is 0. The maximum absolute atomic E-state index is 13.1. The summed E-state index contributed by atoms with van der Waals surface area (Å²) in [7, 11) is -1.88. The Morgan fingerprint density at radius 3 is 2.21 bits per heavy atom. The van der Waals surface area contributed by atoms with Crippen molar-refractivity contribution in [3.05, 3.63) is 66.0 Å². The van der Waals surface area contributed by atoms with Crippen LogP contribution in [0.3, 0.4) is 0 Å². The van der Waals surface area contributed by atoms with Gasteiger partial charge in [-0.15, -0.1) is 0 Å². The first-order valence-electron chi connectivity index (χ1n) is 9.57. The zero-order valence-electron chi connectivity index (χ0n) is 16.7. The number of carbonyl (C=O) groups excluding carboxylic acids is 1. The maximum Gasteiger partial charge on any atom is 0.243 e. The lowest BCUT2D eigenvalue weighted by Gasteiger charge is -2.37. The van der Waals surface area contributed by atoms with Crippen molar-refractivity contribution < 1.29 is 17.6 Å². The molecule has 6 nitrogen and oxygen atoms in total. The minimum atomic E-state index is -3.66. The number of nitrogens with zero attached hydrogens (tertiary/aromatic N) is 3. The Hall–Kier alpha value is -2.29. The third kappa shape index (κ3) is 5.01. The Morgan fingerprint density at radius 2 is 1.62 bits per heavy atom. The van der Waals surface area contributed by atoms with Crippen molar-refractivity contribution in [2.45, 2.75) is 24.4 Å². The molecule has 0 unspecified atom stereocenters. The average Bonchev–Trinajstić information content (AvgIpc) is 2.73. The fraction of sp³-hybridized carbons (Fsp3) is 0.381. The van der Waals surface area contributed by atoms with E-state index in [9.17, 15) is 17.6 Å². The molecule has 1 atom stereocenters. The van der Waals surface area contributed by atoms with Gasteiger partial charge in [0.1, 0.15) is 5.82 Å². The minimum absolute atomic E-state index is 0.00342. The minimum Gasteiger partial charge on any atom is -0.340 e. The molecule has 1 aliphatic heterocycles. The molecule has 1 fully saturated rings. The van der Waals surface area contributed by atoms with Crippen LogP contribution < -0.4 is 0 Å². The van der Waals surface area contributed by atoms with Gasteiger partial charge < -0.3 is 4.90 Å². The molecular formula is C21H26FN3O3S. The molecule has 0 N–H and O–H groups in total. The number of amides is 1. The summed E-state index contributed by atoms with van der Waals surface area (Å²) in [4.78, 5) is 16.6. The van der Waals surface area contributed by atoms with Crippen LogP contribution in [0.15, 0.2) is 59.5 Å². The van der Waals surface area contributed by atoms with Gasteiger partial charge in [-0.3, -0.25) is 9.69 Å². The van der Waals surface area contributed by atoms with Gasteiger partial charge in [-0.25, -0.2) is 12.8 Å². The van der Waals surface area contributed by atoms with E-state index in [1.807, 2.05) is 42.2 Å². The molecule has 1 saturated heterocycles. The summed E-state index contributed by atoms with van der Waals surface area (Å²) >= 11 is 0. The summed E-state index contributed by atoms with van der Waals surface area (Å²) in [5.41, 5.74) is 1.06. The van der Waals surface area contributed by atoms with Crippen LogP contribution in [-0.4, -0.2) is 67.7 Å². The zero-order chi connectivity index (χ0) is 21.0. The lowest BCUT2D eigenvalue weighted by atomic mass is 10.2. The van der Waals surface area contributed by atoms with E-state index in [1.165, 1.54) is 16.4 Å². The van der Waals surface area contributed by atoms with E-state index in [2.05, 4.69) is 0 Å². The highest BCUT2D eigenvalue weighted by atomic mass is 32.2. The molecule has 0 saturated carbocycles. The predicted molar refractivity (Wildman–Crippen MR) is 109 cm³/mol. The number of rotatable bonds is 6. The Morgan fingerprint density at radius 1 is 1.03 bits per heavy atom. The second-order valence-corrected chi connectivity index (χ2v) is 9.19. The summed E-state index contributed by atoms with van der Waals surface area (Å²) in [6.45, 7) is 3.90. The molecule has 29 heavy (non-hydrogen) atoms. The summed E-state index contributed by atoms with van der Waals surface area (Å²) < 4.78 is 39.9. The number of hydrogen-bond acceptors (Lipinski definition) is 4. The van der Waals surface area contributed by atoms with Gasteiger partial charge in [-0.05, 0) is 36.8 Å². The van der Waals surface area contributed by atoms with E-state index in [0.717, 1.165) is 17.7 Å². The topological polar surface area (TPSA) is 60.9 Å². The number of carbonyl (C=O) groups is 1. The van der Waals surface area contributed by atoms with E-state index < -0.39 is 15.8 Å². The lowest BCUT2D eigenvalue weighted by Crippen LogP contribution is -2.54. The summed E-state index contributed by atoms with van der Waals surface area (Å²) in [6, 6.07) is 14.3. The smallest absolute Gasteiger partial charge is 0.243 e. The van der Waals surface area contributed by atoms with Gasteiger partial charge in [-0.2, -0.15) is 4.31 Å². The summed E-state index contributed by atoms with van der Waals surface area (Å²) in [5, 5.41) is 0. The molecule has 156 valence electrons. The van der Waals surface area contributed by atoms with Gasteiger partial charge in [-0.1, -0.05) is 30.3 Å². The number of benzene rings is 2. The number of likely N-dealkylation sites (N-methyl/N-ethyl adjacent to an activating group) is 1. The van der Waals surface area contributed by atoms with E-state index >= 15 is 0 Å². The summed E-state index contributed by atoms with van der Waals surface area (Å²) in [6.07, 6.45) is 0. The quantitative estimate of drug-likeness (QED) is 0.720. The van der Waals surface area contributed by atoms with Crippen LogP contribution in [0, 0.1) is 5.82 Å². The fourth-order valence-corrected chi connectivity index (χ4v) is 4.92. The number of halogens is 1. The zero-order valence-corrected chi connectivity index (χ0v) is 17.5. The molecule has 0 bridgehead atoms.